The summed E-state index contributed by atoms with van der Waals surface area (Å²) in [4.78, 5) is 42.5. The molecule has 2 aromatic rings. The van der Waals surface area contributed by atoms with Crippen LogP contribution in [-0.4, -0.2) is 75.7 Å². The van der Waals surface area contributed by atoms with Crippen molar-refractivity contribution in [2.45, 2.75) is 31.2 Å². The van der Waals surface area contributed by atoms with Gasteiger partial charge in [0.15, 0.2) is 0 Å². The monoisotopic (exact) mass is 485 g/mol. The largest absolute Gasteiger partial charge is 0.490 e. The Hall–Kier alpha value is -2.99. The first-order valence-corrected chi connectivity index (χ1v) is 10.9. The van der Waals surface area contributed by atoms with E-state index in [0.29, 0.717) is 26.2 Å². The number of amides is 2. The fraction of sp³-hybridized carbons (Fsp3) is 0.429. The SMILES string of the molecule is O=C(O)C(F)(F)F.O=C1COC2(CCN(C(=O)c3cccs3)CC2)CN1Cc1ccccn1. The number of hydrogen-bond acceptors (Lipinski definition) is 6. The van der Waals surface area contributed by atoms with E-state index in [1.807, 2.05) is 45.5 Å². The molecule has 2 aliphatic rings. The predicted molar refractivity (Wildman–Crippen MR) is 111 cm³/mol. The molecule has 1 N–H and O–H groups in total. The minimum absolute atomic E-state index is 0.00151. The number of ether oxygens (including phenoxy) is 1. The smallest absolute Gasteiger partial charge is 0.475 e. The summed E-state index contributed by atoms with van der Waals surface area (Å²) < 4.78 is 37.7. The van der Waals surface area contributed by atoms with Gasteiger partial charge >= 0.3 is 12.1 Å². The first-order valence-electron chi connectivity index (χ1n) is 10.0. The predicted octanol–water partition coefficient (Wildman–Crippen LogP) is 2.81. The average Bonchev–Trinajstić information content (AvgIpc) is 3.32. The van der Waals surface area contributed by atoms with Gasteiger partial charge in [-0.2, -0.15) is 13.2 Å². The molecule has 0 bridgehead atoms. The molecule has 0 saturated carbocycles. The maximum absolute atomic E-state index is 12.5. The quantitative estimate of drug-likeness (QED) is 0.718. The van der Waals surface area contributed by atoms with E-state index in [0.717, 1.165) is 23.4 Å². The van der Waals surface area contributed by atoms with Crippen molar-refractivity contribution in [1.29, 1.82) is 0 Å². The average molecular weight is 485 g/mol. The molecule has 12 heteroatoms. The molecule has 0 atom stereocenters. The second-order valence-corrected chi connectivity index (χ2v) is 8.56. The maximum Gasteiger partial charge on any atom is 0.490 e. The lowest BCUT2D eigenvalue weighted by Gasteiger charge is -2.46. The number of aliphatic carboxylic acids is 1. The lowest BCUT2D eigenvalue weighted by atomic mass is 9.89. The highest BCUT2D eigenvalue weighted by molar-refractivity contribution is 7.12. The van der Waals surface area contributed by atoms with Crippen molar-refractivity contribution < 1.29 is 37.4 Å². The number of hydrogen-bond donors (Lipinski definition) is 1. The van der Waals surface area contributed by atoms with E-state index >= 15 is 0 Å². The highest BCUT2D eigenvalue weighted by Gasteiger charge is 2.43. The molecule has 0 unspecified atom stereocenters. The number of carbonyl (C=O) groups excluding carboxylic acids is 2. The van der Waals surface area contributed by atoms with Crippen LogP contribution in [0, 0.1) is 0 Å². The molecular weight excluding hydrogens is 463 g/mol. The fourth-order valence-electron chi connectivity index (χ4n) is 3.59. The van der Waals surface area contributed by atoms with E-state index in [1.165, 1.54) is 11.3 Å². The minimum Gasteiger partial charge on any atom is -0.475 e. The van der Waals surface area contributed by atoms with E-state index in [9.17, 15) is 22.8 Å². The van der Waals surface area contributed by atoms with Gasteiger partial charge in [-0.25, -0.2) is 4.79 Å². The molecule has 2 amide bonds. The van der Waals surface area contributed by atoms with Crippen LogP contribution in [0.15, 0.2) is 41.9 Å². The zero-order valence-electron chi connectivity index (χ0n) is 17.5. The van der Waals surface area contributed by atoms with Crippen LogP contribution in [0.5, 0.6) is 0 Å². The number of piperidine rings is 1. The van der Waals surface area contributed by atoms with E-state index in [1.54, 1.807) is 6.20 Å². The van der Waals surface area contributed by atoms with Crippen molar-refractivity contribution in [3.05, 3.63) is 52.5 Å². The number of carboxylic acids is 1. The number of likely N-dealkylation sites (tertiary alicyclic amines) is 1. The normalized spacial score (nSPS) is 18.0. The van der Waals surface area contributed by atoms with E-state index in [-0.39, 0.29) is 24.0 Å². The first kappa shape index (κ1) is 24.6. The van der Waals surface area contributed by atoms with Gasteiger partial charge in [0.1, 0.15) is 6.61 Å². The summed E-state index contributed by atoms with van der Waals surface area (Å²) in [5.41, 5.74) is 0.526. The number of carbonyl (C=O) groups is 3. The number of thiophene rings is 1. The topological polar surface area (TPSA) is 100 Å². The summed E-state index contributed by atoms with van der Waals surface area (Å²) in [6.45, 7) is 2.47. The summed E-state index contributed by atoms with van der Waals surface area (Å²) in [7, 11) is 0. The molecule has 178 valence electrons. The molecule has 0 radical (unpaired) electrons. The summed E-state index contributed by atoms with van der Waals surface area (Å²) in [5.74, 6) is -2.67. The molecule has 33 heavy (non-hydrogen) atoms. The lowest BCUT2D eigenvalue weighted by Crippen LogP contribution is -2.59. The van der Waals surface area contributed by atoms with Crippen molar-refractivity contribution in [2.24, 2.45) is 0 Å². The Kier molecular flexibility index (Phi) is 7.69. The van der Waals surface area contributed by atoms with Crippen molar-refractivity contribution in [1.82, 2.24) is 14.8 Å². The molecule has 2 saturated heterocycles. The number of carboxylic acid groups (broad SMARTS) is 1. The van der Waals surface area contributed by atoms with Crippen LogP contribution in [-0.2, 0) is 20.9 Å². The third kappa shape index (κ3) is 6.51. The Balaban J connectivity index is 0.000000383. The molecule has 2 fully saturated rings. The van der Waals surface area contributed by atoms with Crippen molar-refractivity contribution in [3.63, 3.8) is 0 Å². The Labute approximate surface area is 191 Å². The van der Waals surface area contributed by atoms with Crippen LogP contribution in [0.4, 0.5) is 13.2 Å². The van der Waals surface area contributed by atoms with Crippen molar-refractivity contribution in [2.75, 3.05) is 26.2 Å². The van der Waals surface area contributed by atoms with Crippen molar-refractivity contribution >= 4 is 29.1 Å². The molecule has 2 aliphatic heterocycles. The second-order valence-electron chi connectivity index (χ2n) is 7.61. The fourth-order valence-corrected chi connectivity index (χ4v) is 4.29. The zero-order valence-corrected chi connectivity index (χ0v) is 18.3. The Morgan fingerprint density at radius 1 is 1.18 bits per heavy atom. The Morgan fingerprint density at radius 3 is 2.42 bits per heavy atom. The third-order valence-electron chi connectivity index (χ3n) is 5.35. The molecule has 0 aromatic carbocycles. The summed E-state index contributed by atoms with van der Waals surface area (Å²) in [5, 5.41) is 9.05. The van der Waals surface area contributed by atoms with Gasteiger partial charge in [-0.05, 0) is 36.4 Å². The Bertz CT molecular complexity index is 961. The summed E-state index contributed by atoms with van der Waals surface area (Å²) >= 11 is 1.47. The number of aromatic nitrogens is 1. The number of alkyl halides is 3. The first-order chi connectivity index (χ1) is 15.6. The zero-order chi connectivity index (χ0) is 24.1. The van der Waals surface area contributed by atoms with Gasteiger partial charge < -0.3 is 19.6 Å². The molecular formula is C21H22F3N3O5S. The summed E-state index contributed by atoms with van der Waals surface area (Å²) in [6, 6.07) is 9.48. The summed E-state index contributed by atoms with van der Waals surface area (Å²) in [6.07, 6.45) is -1.85. The van der Waals surface area contributed by atoms with Crippen LogP contribution in [0.1, 0.15) is 28.2 Å². The number of halogens is 3. The second kappa shape index (κ2) is 10.3. The molecule has 4 heterocycles. The van der Waals surface area contributed by atoms with Gasteiger partial charge in [-0.15, -0.1) is 11.3 Å². The Morgan fingerprint density at radius 2 is 1.88 bits per heavy atom. The van der Waals surface area contributed by atoms with E-state index in [2.05, 4.69) is 4.98 Å². The number of morpholine rings is 1. The third-order valence-corrected chi connectivity index (χ3v) is 6.21. The van der Waals surface area contributed by atoms with Gasteiger partial charge in [0, 0.05) is 19.3 Å². The van der Waals surface area contributed by atoms with Crippen LogP contribution in [0.2, 0.25) is 0 Å². The molecule has 4 rings (SSSR count). The molecule has 1 spiro atoms. The minimum atomic E-state index is -5.08. The lowest BCUT2D eigenvalue weighted by molar-refractivity contribution is -0.192. The highest BCUT2D eigenvalue weighted by atomic mass is 32.1. The number of nitrogens with zero attached hydrogens (tertiary/aromatic N) is 3. The van der Waals surface area contributed by atoms with Crippen LogP contribution in [0.25, 0.3) is 0 Å². The molecule has 2 aromatic heterocycles. The van der Waals surface area contributed by atoms with Gasteiger partial charge in [0.2, 0.25) is 5.91 Å². The van der Waals surface area contributed by atoms with Crippen LogP contribution >= 0.6 is 11.3 Å². The maximum atomic E-state index is 12.5. The van der Waals surface area contributed by atoms with E-state index in [4.69, 9.17) is 14.6 Å². The highest BCUT2D eigenvalue weighted by Crippen LogP contribution is 2.32. The molecule has 8 nitrogen and oxygen atoms in total. The van der Waals surface area contributed by atoms with Crippen LogP contribution < -0.4 is 0 Å². The van der Waals surface area contributed by atoms with Gasteiger partial charge in [-0.1, -0.05) is 12.1 Å². The van der Waals surface area contributed by atoms with Gasteiger partial charge in [0.25, 0.3) is 5.91 Å². The standard InChI is InChI=1S/C19H21N3O3S.C2HF3O2/c23-17-13-25-19(14-22(17)12-15-4-1-2-8-20-15)6-9-21(10-7-19)18(24)16-5-3-11-26-16;3-2(4,5)1(6)7/h1-5,8,11H,6-7,9-10,12-14H2;(H,6,7). The number of pyridine rings is 1. The van der Waals surface area contributed by atoms with Gasteiger partial charge in [0.05, 0.1) is 29.3 Å². The van der Waals surface area contributed by atoms with Crippen LogP contribution in [0.3, 0.4) is 0 Å². The number of rotatable bonds is 3. The van der Waals surface area contributed by atoms with Crippen molar-refractivity contribution in [3.8, 4) is 0 Å². The van der Waals surface area contributed by atoms with Gasteiger partial charge in [-0.3, -0.25) is 14.6 Å². The van der Waals surface area contributed by atoms with E-state index < -0.39 is 12.1 Å². The molecule has 0 aliphatic carbocycles.